The summed E-state index contributed by atoms with van der Waals surface area (Å²) < 4.78 is 131. The third-order valence-electron chi connectivity index (χ3n) is 16.6. The summed E-state index contributed by atoms with van der Waals surface area (Å²) in [4.78, 5) is 39.0. The Kier molecular flexibility index (Phi) is 23.8. The van der Waals surface area contributed by atoms with Crippen molar-refractivity contribution in [3.8, 4) is 57.5 Å². The van der Waals surface area contributed by atoms with Crippen LogP contribution in [0.5, 0.6) is 0 Å². The van der Waals surface area contributed by atoms with Gasteiger partial charge in [-0.2, -0.15) is 0 Å². The van der Waals surface area contributed by atoms with Crippen LogP contribution in [0.1, 0.15) is 74.9 Å². The molecule has 0 radical (unpaired) electrons. The zero-order valence-corrected chi connectivity index (χ0v) is 66.9. The Morgan fingerprint density at radius 3 is 1.18 bits per heavy atom. The van der Waals surface area contributed by atoms with Crippen LogP contribution in [0.2, 0.25) is 0 Å². The van der Waals surface area contributed by atoms with Gasteiger partial charge in [0.1, 0.15) is 27.0 Å². The Morgan fingerprint density at radius 2 is 0.778 bits per heavy atom. The molecular weight excluding hydrogens is 1640 g/mol. The highest BCUT2D eigenvalue weighted by atomic mass is 127. The molecule has 7 heterocycles. The van der Waals surface area contributed by atoms with Crippen molar-refractivity contribution in [3.05, 3.63) is 273 Å². The van der Waals surface area contributed by atoms with Gasteiger partial charge in [-0.25, -0.2) is 89.9 Å². The van der Waals surface area contributed by atoms with Gasteiger partial charge in [-0.1, -0.05) is 132 Å². The van der Waals surface area contributed by atoms with Crippen molar-refractivity contribution in [3.63, 3.8) is 0 Å². The molecule has 0 aliphatic heterocycles. The predicted octanol–water partition coefficient (Wildman–Crippen LogP) is 14.7. The van der Waals surface area contributed by atoms with Crippen molar-refractivity contribution in [2.45, 2.75) is 95.6 Å². The fourth-order valence-electron chi connectivity index (χ4n) is 10.3. The van der Waals surface area contributed by atoms with Crippen molar-refractivity contribution in [2.75, 3.05) is 5.73 Å². The molecule has 0 aliphatic rings. The van der Waals surface area contributed by atoms with E-state index in [1.807, 2.05) is 97.1 Å². The van der Waals surface area contributed by atoms with E-state index in [1.54, 1.807) is 181 Å². The van der Waals surface area contributed by atoms with Crippen LogP contribution in [0, 0.1) is 41.1 Å². The average molecular weight is 1710 g/mol. The number of fused-ring (bicyclic) bond motifs is 3. The molecule has 0 bridgehead atoms. The minimum absolute atomic E-state index is 0.125. The fourth-order valence-corrected chi connectivity index (χ4v) is 17.1. The first kappa shape index (κ1) is 78.4. The van der Waals surface area contributed by atoms with Gasteiger partial charge in [0, 0.05) is 46.4 Å². The van der Waals surface area contributed by atoms with Crippen LogP contribution >= 0.6 is 38.5 Å². The second-order valence-corrected chi connectivity index (χ2v) is 38.2. The number of nitrogens with zero attached hydrogens (tertiary/aromatic N) is 10. The summed E-state index contributed by atoms with van der Waals surface area (Å²) in [5.74, 6) is 12.8. The van der Waals surface area contributed by atoms with Gasteiger partial charge >= 0.3 is 0 Å². The van der Waals surface area contributed by atoms with Gasteiger partial charge in [0.2, 0.25) is 0 Å². The van der Waals surface area contributed by atoms with Crippen LogP contribution in [-0.2, 0) is 49.6 Å². The summed E-state index contributed by atoms with van der Waals surface area (Å²) in [5, 5.41) is -1.52. The number of nitrogens with two attached hydrogens (primary N) is 1. The Morgan fingerprint density at radius 1 is 0.407 bits per heavy atom. The topological polar surface area (TPSA) is 325 Å². The summed E-state index contributed by atoms with van der Waals surface area (Å²) in [5.41, 5.74) is 16.3. The molecule has 7 aromatic heterocycles. The molecule has 0 saturated heterocycles. The van der Waals surface area contributed by atoms with Gasteiger partial charge < -0.3 is 10.7 Å². The highest BCUT2D eigenvalue weighted by Gasteiger charge is 2.27. The van der Waals surface area contributed by atoms with Crippen molar-refractivity contribution < 1.29 is 42.1 Å². The maximum absolute atomic E-state index is 13.6. The lowest BCUT2D eigenvalue weighted by Gasteiger charge is -2.09. The van der Waals surface area contributed by atoms with E-state index in [9.17, 15) is 42.1 Å². The molecular formula is C79H68BrIN12O10S5. The van der Waals surface area contributed by atoms with Gasteiger partial charge in [0.15, 0.2) is 46.5 Å². The highest BCUT2D eigenvalue weighted by Crippen LogP contribution is 2.32. The number of sulfone groups is 3. The Bertz CT molecular complexity index is 6370. The highest BCUT2D eigenvalue weighted by molar-refractivity contribution is 14.1. The summed E-state index contributed by atoms with van der Waals surface area (Å²) in [7, 11) is -17.9. The van der Waals surface area contributed by atoms with Gasteiger partial charge in [0.25, 0.3) is 20.0 Å². The van der Waals surface area contributed by atoms with E-state index in [0.717, 1.165) is 41.3 Å². The van der Waals surface area contributed by atoms with Crippen LogP contribution < -0.4 is 5.73 Å². The van der Waals surface area contributed by atoms with Crippen LogP contribution in [0.4, 0.5) is 5.82 Å². The normalized spacial score (nSPS) is 11.8. The third kappa shape index (κ3) is 17.6. The smallest absolute Gasteiger partial charge is 0.269 e. The maximum Gasteiger partial charge on any atom is 0.269 e. The lowest BCUT2D eigenvalue weighted by molar-refractivity contribution is 0.586. The van der Waals surface area contributed by atoms with Crippen molar-refractivity contribution in [1.82, 2.24) is 52.8 Å². The Labute approximate surface area is 648 Å². The molecule has 14 rings (SSSR count). The number of aromatic amines is 1. The minimum atomic E-state index is -3.97. The largest absolute Gasteiger partial charge is 0.382 e. The number of aromatic nitrogens is 11. The molecule has 548 valence electrons. The second kappa shape index (κ2) is 32.8. The number of anilines is 1. The SMILES string of the molecule is CC(C)S(=O)(=O)c1ccc(-c2cnc3[nH]cc(C#Cc4ccccc4)c3n2)cc1.Cc1ccc(S(=O)(=O)n2cc(C#Cc3ccccc3)c3nc(-c4ccc(S(=O)(=O)C(C)C)cc4)cnc32)cc1.Cc1ccc(S(=O)(=O)n2cc(I)c3nc(-c4ccc(S(=O)(=O)C(C)C)cc4)cnc32)cc1.Nc1cnc(Br)cn1. The molecule has 0 unspecified atom stereocenters. The number of H-pyrrole nitrogens is 1. The van der Waals surface area contributed by atoms with Crippen molar-refractivity contribution in [2.24, 2.45) is 0 Å². The van der Waals surface area contributed by atoms with E-state index >= 15 is 0 Å². The van der Waals surface area contributed by atoms with Crippen LogP contribution in [-0.4, -0.2) is 111 Å². The van der Waals surface area contributed by atoms with Crippen LogP contribution in [0.3, 0.4) is 0 Å². The number of aryl methyl sites for hydroxylation is 2. The zero-order chi connectivity index (χ0) is 77.5. The predicted molar refractivity (Wildman–Crippen MR) is 431 cm³/mol. The maximum atomic E-state index is 13.6. The van der Waals surface area contributed by atoms with Crippen molar-refractivity contribution >= 4 is 127 Å². The van der Waals surface area contributed by atoms with E-state index in [4.69, 9.17) is 15.7 Å². The molecule has 0 aliphatic carbocycles. The first-order valence-corrected chi connectivity index (χ1v) is 42.5. The molecule has 22 nitrogen and oxygen atoms in total. The molecule has 0 atom stereocenters. The van der Waals surface area contributed by atoms with Crippen molar-refractivity contribution in [1.29, 1.82) is 0 Å². The molecule has 3 N–H and O–H groups in total. The van der Waals surface area contributed by atoms with Gasteiger partial charge in [0.05, 0.1) is 103 Å². The number of rotatable bonds is 13. The van der Waals surface area contributed by atoms with Gasteiger partial charge in [-0.3, -0.25) is 0 Å². The quantitative estimate of drug-likeness (QED) is 0.0800. The number of nitrogen functional groups attached to an aromatic ring is 1. The molecule has 14 aromatic rings. The second-order valence-electron chi connectivity index (χ2n) is 25.1. The number of benzene rings is 7. The van der Waals surface area contributed by atoms with Crippen LogP contribution in [0.15, 0.2) is 261 Å². The Hall–Kier alpha value is -10.6. The molecule has 7 aromatic carbocycles. The van der Waals surface area contributed by atoms with Gasteiger partial charge in [-0.15, -0.1) is 0 Å². The lowest BCUT2D eigenvalue weighted by atomic mass is 10.1. The number of hydrogen-bond donors (Lipinski definition) is 2. The molecule has 0 amide bonds. The van der Waals surface area contributed by atoms with Gasteiger partial charge in [-0.05, 0) is 179 Å². The fraction of sp³-hybridized carbons (Fsp3) is 0.139. The third-order valence-corrected chi connectivity index (χ3v) is 27.6. The standard InChI is InChI=1S/C30H25N3O4S2.C23H19N3O2S.C22H20IN3O4S2.C4H4BrN3/c1-21(2)38(34,35)26-17-13-24(14-18-26)28-19-31-30-29(32-28)25(12-11-23-7-5-4-6-8-23)20-33(30)39(36,37)27-15-9-22(3)10-16-27;1-16(2)29(27,28)20-12-10-18(11-13-20)21-15-25-23-22(26-21)19(14-24-23)9-8-17-6-4-3-5-7-17;1-14(2)31(27,28)17-10-6-16(7-11-17)20-12-24-22-21(25-20)19(23)13-26(22)32(29,30)18-8-4-15(3)5-9-18;5-3-1-8-4(6)2-7-3/h4-10,13-21H,1-3H3;3-7,10-16H,1-2H3,(H,24,25);4-14H,1-3H3;1-2H,(H2,6,8). The minimum Gasteiger partial charge on any atom is -0.382 e. The van der Waals surface area contributed by atoms with E-state index in [0.29, 0.717) is 74.9 Å². The molecule has 29 heteroatoms. The molecule has 0 saturated carbocycles. The summed E-state index contributed by atoms with van der Waals surface area (Å²) >= 11 is 5.15. The van der Waals surface area contributed by atoms with E-state index in [1.165, 1.54) is 31.0 Å². The first-order valence-electron chi connectivity index (χ1n) is 33.1. The average Bonchev–Trinajstić information content (AvgIpc) is 1.60. The van der Waals surface area contributed by atoms with E-state index in [2.05, 4.69) is 74.5 Å². The number of hydrogen-bond acceptors (Lipinski definition) is 19. The lowest BCUT2D eigenvalue weighted by Crippen LogP contribution is -2.13. The summed E-state index contributed by atoms with van der Waals surface area (Å²) in [6.45, 7) is 13.7. The molecule has 0 spiro atoms. The van der Waals surface area contributed by atoms with E-state index < -0.39 is 65.3 Å². The Balaban J connectivity index is 0.000000154. The number of nitrogens with one attached hydrogen (secondary N) is 1. The monoisotopic (exact) mass is 1710 g/mol. The molecule has 0 fully saturated rings. The zero-order valence-electron chi connectivity index (χ0n) is 59.1. The first-order chi connectivity index (χ1) is 51.3. The number of halogens is 2. The summed E-state index contributed by atoms with van der Waals surface area (Å²) in [6.07, 6.45) is 12.4. The summed E-state index contributed by atoms with van der Waals surface area (Å²) in [6, 6.07) is 51.9. The van der Waals surface area contributed by atoms with E-state index in [-0.39, 0.29) is 30.9 Å². The molecule has 108 heavy (non-hydrogen) atoms. The van der Waals surface area contributed by atoms with Crippen LogP contribution in [0.25, 0.3) is 67.3 Å².